The third-order valence-corrected chi connectivity index (χ3v) is 3.85. The van der Waals surface area contributed by atoms with Gasteiger partial charge in [-0.15, -0.1) is 0 Å². The topological polar surface area (TPSA) is 93.3 Å². The van der Waals surface area contributed by atoms with Crippen molar-refractivity contribution in [1.29, 1.82) is 0 Å². The molecule has 0 aliphatic rings. The Morgan fingerprint density at radius 3 is 2.65 bits per heavy atom. The number of aromatic carboxylic acids is 1. The molecule has 0 spiro atoms. The van der Waals surface area contributed by atoms with Crippen molar-refractivity contribution in [3.8, 4) is 11.3 Å². The molecule has 3 rings (SSSR count). The van der Waals surface area contributed by atoms with E-state index in [-0.39, 0.29) is 11.3 Å². The maximum absolute atomic E-state index is 11.5. The van der Waals surface area contributed by atoms with Gasteiger partial charge in [0.05, 0.1) is 21.7 Å². The smallest absolute Gasteiger partial charge is 0.336 e. The van der Waals surface area contributed by atoms with Crippen LogP contribution < -0.4 is 0 Å². The Morgan fingerprint density at radius 1 is 1.17 bits per heavy atom. The zero-order chi connectivity index (χ0) is 16.6. The molecule has 114 valence electrons. The molecule has 7 heteroatoms. The number of carboxylic acids is 1. The summed E-state index contributed by atoms with van der Waals surface area (Å²) in [7, 11) is 0. The fraction of sp³-hybridized carbons (Fsp3) is 0. The van der Waals surface area contributed by atoms with E-state index in [1.165, 1.54) is 18.2 Å². The minimum absolute atomic E-state index is 0.0721. The molecule has 1 N–H and O–H groups in total. The number of nitro benzene ring substituents is 1. The van der Waals surface area contributed by atoms with Crippen molar-refractivity contribution < 1.29 is 14.8 Å². The fourth-order valence-corrected chi connectivity index (χ4v) is 2.66. The third-order valence-electron chi connectivity index (χ3n) is 3.35. The predicted molar refractivity (Wildman–Crippen MR) is 88.5 cm³/mol. The lowest BCUT2D eigenvalue weighted by Crippen LogP contribution is -2.00. The monoisotopic (exact) mass is 372 g/mol. The lowest BCUT2D eigenvalue weighted by molar-refractivity contribution is -0.384. The quantitative estimate of drug-likeness (QED) is 0.547. The summed E-state index contributed by atoms with van der Waals surface area (Å²) in [5, 5.41) is 20.8. The number of hydrogen-bond acceptors (Lipinski definition) is 4. The van der Waals surface area contributed by atoms with Gasteiger partial charge in [-0.1, -0.05) is 28.1 Å². The van der Waals surface area contributed by atoms with Crippen LogP contribution in [0.5, 0.6) is 0 Å². The predicted octanol–water partition coefficient (Wildman–Crippen LogP) is 4.27. The van der Waals surface area contributed by atoms with Crippen molar-refractivity contribution in [2.75, 3.05) is 0 Å². The Balaban J connectivity index is 2.26. The summed E-state index contributed by atoms with van der Waals surface area (Å²) in [5.41, 5.74) is 1.40. The van der Waals surface area contributed by atoms with Gasteiger partial charge in [-0.2, -0.15) is 0 Å². The first-order valence-electron chi connectivity index (χ1n) is 6.54. The molecule has 0 unspecified atom stereocenters. The molecule has 2 aromatic carbocycles. The Morgan fingerprint density at radius 2 is 1.96 bits per heavy atom. The van der Waals surface area contributed by atoms with Crippen LogP contribution in [0.2, 0.25) is 0 Å². The van der Waals surface area contributed by atoms with Crippen LogP contribution in [0, 0.1) is 10.1 Å². The first kappa shape index (κ1) is 15.1. The maximum Gasteiger partial charge on any atom is 0.336 e. The molecule has 3 aromatic rings. The maximum atomic E-state index is 11.5. The summed E-state index contributed by atoms with van der Waals surface area (Å²) >= 11 is 3.31. The van der Waals surface area contributed by atoms with Gasteiger partial charge in [0.1, 0.15) is 0 Å². The number of nitrogens with zero attached hydrogens (tertiary/aromatic N) is 2. The molecule has 0 aliphatic carbocycles. The zero-order valence-electron chi connectivity index (χ0n) is 11.6. The number of carboxylic acid groups (broad SMARTS) is 1. The summed E-state index contributed by atoms with van der Waals surface area (Å²) < 4.78 is 0.748. The van der Waals surface area contributed by atoms with E-state index < -0.39 is 10.9 Å². The lowest BCUT2D eigenvalue weighted by atomic mass is 10.0. The Bertz CT molecular complexity index is 956. The van der Waals surface area contributed by atoms with Gasteiger partial charge in [0.15, 0.2) is 0 Å². The second-order valence-electron chi connectivity index (χ2n) is 4.83. The van der Waals surface area contributed by atoms with Crippen molar-refractivity contribution in [3.63, 3.8) is 0 Å². The number of non-ortho nitro benzene ring substituents is 1. The van der Waals surface area contributed by atoms with Gasteiger partial charge < -0.3 is 5.11 Å². The molecule has 0 aliphatic heterocycles. The molecule has 1 aromatic heterocycles. The number of fused-ring (bicyclic) bond motifs is 1. The van der Waals surface area contributed by atoms with Crippen molar-refractivity contribution >= 4 is 38.5 Å². The van der Waals surface area contributed by atoms with Gasteiger partial charge in [-0.25, -0.2) is 9.78 Å². The van der Waals surface area contributed by atoms with Crippen LogP contribution in [0.4, 0.5) is 5.69 Å². The summed E-state index contributed by atoms with van der Waals surface area (Å²) in [6.07, 6.45) is 0. The average Bonchev–Trinajstić information content (AvgIpc) is 2.53. The molecule has 0 saturated carbocycles. The number of halogens is 1. The van der Waals surface area contributed by atoms with Crippen LogP contribution in [-0.4, -0.2) is 21.0 Å². The Labute approximate surface area is 138 Å². The van der Waals surface area contributed by atoms with Gasteiger partial charge in [-0.3, -0.25) is 10.1 Å². The molecule has 1 heterocycles. The van der Waals surface area contributed by atoms with Gasteiger partial charge in [-0.05, 0) is 24.3 Å². The van der Waals surface area contributed by atoms with E-state index in [2.05, 4.69) is 20.9 Å². The van der Waals surface area contributed by atoms with Crippen LogP contribution >= 0.6 is 15.9 Å². The molecule has 0 saturated heterocycles. The highest BCUT2D eigenvalue weighted by Crippen LogP contribution is 2.28. The second-order valence-corrected chi connectivity index (χ2v) is 5.74. The number of hydrogen-bond donors (Lipinski definition) is 1. The van der Waals surface area contributed by atoms with Gasteiger partial charge in [0, 0.05) is 27.6 Å². The second kappa shape index (κ2) is 5.77. The standard InChI is InChI=1S/C16H9BrN2O4/c17-10-4-5-14-12(7-10)13(16(20)21)8-15(18-14)9-2-1-3-11(6-9)19(22)23/h1-8H,(H,20,21). The summed E-state index contributed by atoms with van der Waals surface area (Å²) in [4.78, 5) is 26.4. The van der Waals surface area contributed by atoms with E-state index in [9.17, 15) is 20.0 Å². The van der Waals surface area contributed by atoms with Crippen molar-refractivity contribution in [3.05, 3.63) is 68.7 Å². The molecule has 0 amide bonds. The molecular formula is C16H9BrN2O4. The first-order chi connectivity index (χ1) is 11.0. The molecule has 0 radical (unpaired) electrons. The molecule has 6 nitrogen and oxygen atoms in total. The first-order valence-corrected chi connectivity index (χ1v) is 7.33. The van der Waals surface area contributed by atoms with Crippen LogP contribution in [0.15, 0.2) is 53.0 Å². The average molecular weight is 373 g/mol. The number of rotatable bonds is 3. The number of carbonyl (C=O) groups is 1. The van der Waals surface area contributed by atoms with Gasteiger partial charge >= 0.3 is 5.97 Å². The number of pyridine rings is 1. The molecule has 0 atom stereocenters. The van der Waals surface area contributed by atoms with Crippen molar-refractivity contribution in [1.82, 2.24) is 4.98 Å². The highest BCUT2D eigenvalue weighted by atomic mass is 79.9. The fourth-order valence-electron chi connectivity index (χ4n) is 2.30. The molecule has 0 fully saturated rings. The van der Waals surface area contributed by atoms with Crippen molar-refractivity contribution in [2.45, 2.75) is 0 Å². The van der Waals surface area contributed by atoms with E-state index >= 15 is 0 Å². The van der Waals surface area contributed by atoms with E-state index in [4.69, 9.17) is 0 Å². The normalized spacial score (nSPS) is 10.7. The number of aromatic nitrogens is 1. The van der Waals surface area contributed by atoms with Crippen LogP contribution in [0.3, 0.4) is 0 Å². The Hall–Kier alpha value is -2.80. The lowest BCUT2D eigenvalue weighted by Gasteiger charge is -2.07. The van der Waals surface area contributed by atoms with Gasteiger partial charge in [0.25, 0.3) is 5.69 Å². The third kappa shape index (κ3) is 2.91. The van der Waals surface area contributed by atoms with E-state index in [0.29, 0.717) is 22.2 Å². The largest absolute Gasteiger partial charge is 0.478 e. The van der Waals surface area contributed by atoms with E-state index in [1.54, 1.807) is 30.3 Å². The van der Waals surface area contributed by atoms with E-state index in [1.807, 2.05) is 0 Å². The van der Waals surface area contributed by atoms with Crippen molar-refractivity contribution in [2.24, 2.45) is 0 Å². The highest BCUT2D eigenvalue weighted by Gasteiger charge is 2.15. The Kier molecular flexibility index (Phi) is 3.79. The number of benzene rings is 2. The van der Waals surface area contributed by atoms with Crippen LogP contribution in [0.25, 0.3) is 22.2 Å². The highest BCUT2D eigenvalue weighted by molar-refractivity contribution is 9.10. The molecular weight excluding hydrogens is 364 g/mol. The minimum atomic E-state index is -1.08. The van der Waals surface area contributed by atoms with Crippen LogP contribution in [0.1, 0.15) is 10.4 Å². The molecule has 23 heavy (non-hydrogen) atoms. The molecule has 0 bridgehead atoms. The zero-order valence-corrected chi connectivity index (χ0v) is 13.1. The van der Waals surface area contributed by atoms with Gasteiger partial charge in [0.2, 0.25) is 0 Å². The summed E-state index contributed by atoms with van der Waals surface area (Å²) in [6, 6.07) is 12.5. The van der Waals surface area contributed by atoms with E-state index in [0.717, 1.165) is 4.47 Å². The SMILES string of the molecule is O=C(O)c1cc(-c2cccc([N+](=O)[O-])c2)nc2ccc(Br)cc12. The van der Waals surface area contributed by atoms with Crippen LogP contribution in [-0.2, 0) is 0 Å². The number of nitro groups is 1. The summed E-state index contributed by atoms with van der Waals surface area (Å²) in [6.45, 7) is 0. The minimum Gasteiger partial charge on any atom is -0.478 e. The summed E-state index contributed by atoms with van der Waals surface area (Å²) in [5.74, 6) is -1.08.